The molecule has 0 fully saturated rings. The Bertz CT molecular complexity index is 230. The highest BCUT2D eigenvalue weighted by atomic mass is 16.5. The molecule has 1 atom stereocenters. The summed E-state index contributed by atoms with van der Waals surface area (Å²) in [7, 11) is 1.52. The lowest BCUT2D eigenvalue weighted by atomic mass is 9.86. The summed E-state index contributed by atoms with van der Waals surface area (Å²) in [6.07, 6.45) is -0.0791. The number of aliphatic hydroxyl groups is 1. The van der Waals surface area contributed by atoms with Gasteiger partial charge in [-0.25, -0.2) is 0 Å². The monoisotopic (exact) mass is 232 g/mol. The van der Waals surface area contributed by atoms with E-state index in [0.29, 0.717) is 6.54 Å². The Labute approximate surface area is 97.3 Å². The van der Waals surface area contributed by atoms with Gasteiger partial charge >= 0.3 is 0 Å². The topological polar surface area (TPSA) is 84.6 Å². The van der Waals surface area contributed by atoms with Gasteiger partial charge in [0.2, 0.25) is 5.91 Å². The van der Waals surface area contributed by atoms with Gasteiger partial charge in [-0.05, 0) is 27.7 Å². The quantitative estimate of drug-likeness (QED) is 0.602. The molecule has 0 aromatic carbocycles. The Kier molecular flexibility index (Phi) is 5.38. The maximum absolute atomic E-state index is 11.7. The van der Waals surface area contributed by atoms with Crippen LogP contribution >= 0.6 is 0 Å². The number of carbonyl (C=O) groups is 1. The van der Waals surface area contributed by atoms with Crippen molar-refractivity contribution in [2.24, 2.45) is 5.73 Å². The van der Waals surface area contributed by atoms with Crippen molar-refractivity contribution in [3.05, 3.63) is 0 Å². The highest BCUT2D eigenvalue weighted by molar-refractivity contribution is 5.77. The summed E-state index contributed by atoms with van der Waals surface area (Å²) in [6, 6.07) is 0. The molecule has 1 unspecified atom stereocenters. The number of nitrogens with one attached hydrogen (secondary N) is 1. The molecule has 0 radical (unpaired) electrons. The van der Waals surface area contributed by atoms with E-state index in [4.69, 9.17) is 10.5 Å². The molecule has 16 heavy (non-hydrogen) atoms. The minimum absolute atomic E-state index is 0.176. The van der Waals surface area contributed by atoms with E-state index in [1.807, 2.05) is 0 Å². The molecular formula is C11H24N2O3. The fourth-order valence-corrected chi connectivity index (χ4v) is 1.02. The van der Waals surface area contributed by atoms with E-state index >= 15 is 0 Å². The van der Waals surface area contributed by atoms with Crippen LogP contribution in [0.25, 0.3) is 0 Å². The highest BCUT2D eigenvalue weighted by Gasteiger charge is 2.36. The molecule has 0 aliphatic carbocycles. The minimum Gasteiger partial charge on any atom is -0.388 e. The van der Waals surface area contributed by atoms with E-state index in [2.05, 4.69) is 5.32 Å². The molecule has 0 saturated heterocycles. The van der Waals surface area contributed by atoms with Crippen molar-refractivity contribution in [1.29, 1.82) is 0 Å². The maximum atomic E-state index is 11.7. The van der Waals surface area contributed by atoms with E-state index in [0.717, 1.165) is 0 Å². The average Bonchev–Trinajstić information content (AvgIpc) is 2.11. The predicted octanol–water partition coefficient (Wildman–Crippen LogP) is 0.0159. The van der Waals surface area contributed by atoms with Crippen LogP contribution in [-0.2, 0) is 9.53 Å². The van der Waals surface area contributed by atoms with E-state index < -0.39 is 11.1 Å². The molecule has 96 valence electrons. The molecule has 5 heteroatoms. The normalized spacial score (nSPS) is 14.7. The van der Waals surface area contributed by atoms with Crippen molar-refractivity contribution < 1.29 is 14.6 Å². The average molecular weight is 232 g/mol. The van der Waals surface area contributed by atoms with Gasteiger partial charge in [-0.3, -0.25) is 4.79 Å². The molecule has 1 amide bonds. The Morgan fingerprint density at radius 3 is 2.25 bits per heavy atom. The molecule has 4 N–H and O–H groups in total. The predicted molar refractivity (Wildman–Crippen MR) is 63.0 cm³/mol. The van der Waals surface area contributed by atoms with Crippen molar-refractivity contribution >= 4 is 5.91 Å². The smallest absolute Gasteiger partial charge is 0.223 e. The van der Waals surface area contributed by atoms with Crippen LogP contribution in [0.3, 0.4) is 0 Å². The first kappa shape index (κ1) is 15.3. The lowest BCUT2D eigenvalue weighted by Gasteiger charge is -2.38. The molecule has 5 nitrogen and oxygen atoms in total. The number of rotatable bonds is 6. The summed E-state index contributed by atoms with van der Waals surface area (Å²) < 4.78 is 5.02. The molecule has 0 aromatic rings. The first-order chi connectivity index (χ1) is 7.14. The number of amides is 1. The molecule has 0 aliphatic rings. The summed E-state index contributed by atoms with van der Waals surface area (Å²) in [5, 5.41) is 12.6. The number of nitrogens with two attached hydrogens (primary N) is 1. The van der Waals surface area contributed by atoms with Gasteiger partial charge in [0.15, 0.2) is 0 Å². The van der Waals surface area contributed by atoms with Crippen LogP contribution in [0.1, 0.15) is 34.1 Å². The Hall–Kier alpha value is -0.650. The second-order valence-corrected chi connectivity index (χ2v) is 5.03. The third kappa shape index (κ3) is 4.47. The Morgan fingerprint density at radius 1 is 1.44 bits per heavy atom. The number of ether oxygens (including phenoxy) is 1. The van der Waals surface area contributed by atoms with Gasteiger partial charge in [0.1, 0.15) is 0 Å². The number of carbonyl (C=O) groups excluding carboxylic acids is 1. The summed E-state index contributed by atoms with van der Waals surface area (Å²) in [4.78, 5) is 11.7. The standard InChI is InChI=1S/C11H24N2O3/c1-10(2,11(3,4)15)13-9(14)6-8(7-12)16-5/h8,15H,6-7,12H2,1-5H3,(H,13,14). The molecule has 0 rings (SSSR count). The lowest BCUT2D eigenvalue weighted by molar-refractivity contribution is -0.128. The van der Waals surface area contributed by atoms with Crippen molar-refractivity contribution in [3.8, 4) is 0 Å². The molecule has 0 aromatic heterocycles. The number of hydrogen-bond donors (Lipinski definition) is 3. The Morgan fingerprint density at radius 2 is 1.94 bits per heavy atom. The van der Waals surface area contributed by atoms with Crippen LogP contribution in [0.5, 0.6) is 0 Å². The maximum Gasteiger partial charge on any atom is 0.223 e. The van der Waals surface area contributed by atoms with Gasteiger partial charge in [0, 0.05) is 13.7 Å². The van der Waals surface area contributed by atoms with E-state index in [1.165, 1.54) is 7.11 Å². The molecule has 0 heterocycles. The van der Waals surface area contributed by atoms with Crippen LogP contribution in [0.2, 0.25) is 0 Å². The summed E-state index contributed by atoms with van der Waals surface area (Å²) in [5.41, 5.74) is 3.74. The van der Waals surface area contributed by atoms with Gasteiger partial charge < -0.3 is 20.9 Å². The molecular weight excluding hydrogens is 208 g/mol. The van der Waals surface area contributed by atoms with Crippen molar-refractivity contribution in [3.63, 3.8) is 0 Å². The molecule has 0 aliphatic heterocycles. The second kappa shape index (κ2) is 5.61. The first-order valence-corrected chi connectivity index (χ1v) is 5.40. The SMILES string of the molecule is COC(CN)CC(=O)NC(C)(C)C(C)(C)O. The minimum atomic E-state index is -0.992. The lowest BCUT2D eigenvalue weighted by Crippen LogP contribution is -2.58. The van der Waals surface area contributed by atoms with Crippen molar-refractivity contribution in [1.82, 2.24) is 5.32 Å². The fourth-order valence-electron chi connectivity index (χ4n) is 1.02. The molecule has 0 bridgehead atoms. The van der Waals surface area contributed by atoms with Crippen LogP contribution in [0.15, 0.2) is 0 Å². The van der Waals surface area contributed by atoms with Gasteiger partial charge in [0.05, 0.1) is 23.7 Å². The molecule has 0 spiro atoms. The van der Waals surface area contributed by atoms with Crippen LogP contribution < -0.4 is 11.1 Å². The first-order valence-electron chi connectivity index (χ1n) is 5.40. The van der Waals surface area contributed by atoms with Gasteiger partial charge in [-0.2, -0.15) is 0 Å². The van der Waals surface area contributed by atoms with Crippen molar-refractivity contribution in [2.75, 3.05) is 13.7 Å². The zero-order valence-electron chi connectivity index (χ0n) is 10.8. The van der Waals surface area contributed by atoms with Gasteiger partial charge in [-0.15, -0.1) is 0 Å². The van der Waals surface area contributed by atoms with E-state index in [1.54, 1.807) is 27.7 Å². The van der Waals surface area contributed by atoms with Crippen LogP contribution in [0, 0.1) is 0 Å². The van der Waals surface area contributed by atoms with Crippen LogP contribution in [0.4, 0.5) is 0 Å². The van der Waals surface area contributed by atoms with Crippen LogP contribution in [-0.4, -0.2) is 41.9 Å². The summed E-state index contributed by atoms with van der Waals surface area (Å²) in [6.45, 7) is 7.16. The number of hydrogen-bond acceptors (Lipinski definition) is 4. The Balaban J connectivity index is 4.35. The third-order valence-electron chi connectivity index (χ3n) is 2.99. The van der Waals surface area contributed by atoms with E-state index in [-0.39, 0.29) is 18.4 Å². The third-order valence-corrected chi connectivity index (χ3v) is 2.99. The zero-order valence-corrected chi connectivity index (χ0v) is 10.8. The van der Waals surface area contributed by atoms with Crippen molar-refractivity contribution in [2.45, 2.75) is 51.4 Å². The summed E-state index contributed by atoms with van der Waals surface area (Å²) >= 11 is 0. The van der Waals surface area contributed by atoms with E-state index in [9.17, 15) is 9.90 Å². The van der Waals surface area contributed by atoms with Gasteiger partial charge in [0.25, 0.3) is 0 Å². The van der Waals surface area contributed by atoms with Gasteiger partial charge in [-0.1, -0.05) is 0 Å². The largest absolute Gasteiger partial charge is 0.388 e. The molecule has 0 saturated carbocycles. The summed E-state index contributed by atoms with van der Waals surface area (Å²) in [5.74, 6) is -0.176. The fraction of sp³-hybridized carbons (Fsp3) is 0.909. The second-order valence-electron chi connectivity index (χ2n) is 5.03. The number of methoxy groups -OCH3 is 1. The highest BCUT2D eigenvalue weighted by Crippen LogP contribution is 2.20. The zero-order chi connectivity index (χ0) is 13.0.